The number of nitriles is 1. The predicted molar refractivity (Wildman–Crippen MR) is 143 cm³/mol. The Kier molecular flexibility index (Phi) is 8.65. The number of ether oxygens (including phenoxy) is 2. The topological polar surface area (TPSA) is 160 Å². The molecule has 2 atom stereocenters. The maximum absolute atomic E-state index is 12.3. The summed E-state index contributed by atoms with van der Waals surface area (Å²) in [6.45, 7) is 4.11. The van der Waals surface area contributed by atoms with Crippen LogP contribution in [0.15, 0.2) is 61.4 Å². The van der Waals surface area contributed by atoms with Gasteiger partial charge in [-0.15, -0.1) is 0 Å². The number of carbonyl (C=O) groups is 1. The van der Waals surface area contributed by atoms with Crippen LogP contribution in [-0.4, -0.2) is 61.6 Å². The van der Waals surface area contributed by atoms with Crippen molar-refractivity contribution in [3.63, 3.8) is 0 Å². The van der Waals surface area contributed by atoms with Crippen molar-refractivity contribution >= 4 is 17.5 Å². The standard InChI is InChI=1S/C27H28N8O4/c1-17(36)11-30-26(37)20-6-7-23(25(9-20)38-3)34-27-31-12-22(13-32-27)19-4-5-21(10-28)24(8-19)39-18(2)14-35-16-29-15-33-35/h4-9,12-13,15-18,36H,11,14H2,1-3H3,(H,30,37)(H,31,32,34). The SMILES string of the molecule is COc1cc(C(=O)NCC(C)O)ccc1Nc1ncc(-c2ccc(C#N)c(OC(C)Cn3cncn3)c2)cn1. The van der Waals surface area contributed by atoms with Crippen molar-refractivity contribution in [1.29, 1.82) is 5.26 Å². The molecule has 12 nitrogen and oxygen atoms in total. The van der Waals surface area contributed by atoms with Gasteiger partial charge in [0.2, 0.25) is 5.95 Å². The molecule has 0 saturated heterocycles. The van der Waals surface area contributed by atoms with Crippen molar-refractivity contribution in [2.75, 3.05) is 19.0 Å². The Hall–Kier alpha value is -5.02. The van der Waals surface area contributed by atoms with Crippen molar-refractivity contribution in [3.05, 3.63) is 72.6 Å². The lowest BCUT2D eigenvalue weighted by Crippen LogP contribution is -2.30. The fourth-order valence-electron chi connectivity index (χ4n) is 3.68. The van der Waals surface area contributed by atoms with Gasteiger partial charge in [-0.1, -0.05) is 6.07 Å². The average molecular weight is 529 g/mol. The molecule has 4 rings (SSSR count). The van der Waals surface area contributed by atoms with Gasteiger partial charge in [-0.25, -0.2) is 19.6 Å². The molecular formula is C27H28N8O4. The molecule has 0 radical (unpaired) electrons. The van der Waals surface area contributed by atoms with E-state index in [1.54, 1.807) is 60.7 Å². The van der Waals surface area contributed by atoms with E-state index in [4.69, 9.17) is 9.47 Å². The van der Waals surface area contributed by atoms with Crippen LogP contribution < -0.4 is 20.1 Å². The summed E-state index contributed by atoms with van der Waals surface area (Å²) >= 11 is 0. The second-order valence-corrected chi connectivity index (χ2v) is 8.76. The van der Waals surface area contributed by atoms with Gasteiger partial charge in [-0.3, -0.25) is 4.79 Å². The number of rotatable bonds is 11. The summed E-state index contributed by atoms with van der Waals surface area (Å²) < 4.78 is 13.1. The molecule has 200 valence electrons. The number of amides is 1. The van der Waals surface area contributed by atoms with Crippen LogP contribution in [0.1, 0.15) is 29.8 Å². The molecule has 2 aromatic carbocycles. The molecule has 2 aromatic heterocycles. The van der Waals surface area contributed by atoms with Gasteiger partial charge in [-0.2, -0.15) is 10.4 Å². The summed E-state index contributed by atoms with van der Waals surface area (Å²) in [5.74, 6) is 0.892. The molecule has 3 N–H and O–H groups in total. The minimum atomic E-state index is -0.644. The zero-order valence-electron chi connectivity index (χ0n) is 21.7. The van der Waals surface area contributed by atoms with Crippen LogP contribution >= 0.6 is 0 Å². The number of hydrogen-bond donors (Lipinski definition) is 3. The van der Waals surface area contributed by atoms with Crippen LogP contribution in [0.2, 0.25) is 0 Å². The predicted octanol–water partition coefficient (Wildman–Crippen LogP) is 2.94. The van der Waals surface area contributed by atoms with Gasteiger partial charge in [-0.05, 0) is 49.7 Å². The van der Waals surface area contributed by atoms with Gasteiger partial charge < -0.3 is 25.2 Å². The summed E-state index contributed by atoms with van der Waals surface area (Å²) in [5, 5.41) is 28.7. The fraction of sp³-hybridized carbons (Fsp3) is 0.259. The van der Waals surface area contributed by atoms with Crippen LogP contribution in [-0.2, 0) is 6.54 Å². The largest absolute Gasteiger partial charge is 0.495 e. The van der Waals surface area contributed by atoms with E-state index >= 15 is 0 Å². The Balaban J connectivity index is 1.47. The van der Waals surface area contributed by atoms with E-state index in [0.717, 1.165) is 11.1 Å². The van der Waals surface area contributed by atoms with E-state index in [-0.39, 0.29) is 18.6 Å². The average Bonchev–Trinajstić information content (AvgIpc) is 3.45. The highest BCUT2D eigenvalue weighted by atomic mass is 16.5. The Labute approximate surface area is 225 Å². The Bertz CT molecular complexity index is 1450. The lowest BCUT2D eigenvalue weighted by Gasteiger charge is -2.16. The third-order valence-corrected chi connectivity index (χ3v) is 5.59. The number of aliphatic hydroxyl groups excluding tert-OH is 1. The van der Waals surface area contributed by atoms with E-state index in [1.807, 2.05) is 13.0 Å². The van der Waals surface area contributed by atoms with Gasteiger partial charge in [0, 0.05) is 30.1 Å². The van der Waals surface area contributed by atoms with E-state index in [9.17, 15) is 15.2 Å². The highest BCUT2D eigenvalue weighted by molar-refractivity contribution is 5.95. The number of anilines is 2. The molecule has 0 aliphatic heterocycles. The highest BCUT2D eigenvalue weighted by Crippen LogP contribution is 2.30. The Morgan fingerprint density at radius 2 is 1.92 bits per heavy atom. The van der Waals surface area contributed by atoms with Crippen molar-refractivity contribution < 1.29 is 19.4 Å². The zero-order valence-corrected chi connectivity index (χ0v) is 21.7. The maximum atomic E-state index is 12.3. The van der Waals surface area contributed by atoms with E-state index in [2.05, 4.69) is 36.8 Å². The smallest absolute Gasteiger partial charge is 0.251 e. The van der Waals surface area contributed by atoms with Crippen LogP contribution in [0.3, 0.4) is 0 Å². The zero-order chi connectivity index (χ0) is 27.8. The third-order valence-electron chi connectivity index (χ3n) is 5.59. The van der Waals surface area contributed by atoms with Crippen LogP contribution in [0, 0.1) is 11.3 Å². The molecule has 0 spiro atoms. The molecule has 12 heteroatoms. The van der Waals surface area contributed by atoms with Crippen molar-refractivity contribution in [2.45, 2.75) is 32.6 Å². The monoisotopic (exact) mass is 528 g/mol. The van der Waals surface area contributed by atoms with Gasteiger partial charge in [0.05, 0.1) is 31.0 Å². The molecule has 0 aliphatic rings. The molecule has 39 heavy (non-hydrogen) atoms. The molecule has 2 unspecified atom stereocenters. The summed E-state index contributed by atoms with van der Waals surface area (Å²) in [5.41, 5.74) is 2.90. The molecule has 0 aliphatic carbocycles. The van der Waals surface area contributed by atoms with E-state index in [0.29, 0.717) is 40.8 Å². The molecule has 0 fully saturated rings. The number of aliphatic hydroxyl groups is 1. The normalized spacial score (nSPS) is 12.2. The second kappa shape index (κ2) is 12.5. The van der Waals surface area contributed by atoms with Crippen LogP contribution in [0.4, 0.5) is 11.6 Å². The second-order valence-electron chi connectivity index (χ2n) is 8.76. The number of nitrogens with zero attached hydrogens (tertiary/aromatic N) is 6. The number of methoxy groups -OCH3 is 1. The first-order valence-corrected chi connectivity index (χ1v) is 12.1. The van der Waals surface area contributed by atoms with Crippen molar-refractivity contribution in [1.82, 2.24) is 30.0 Å². The van der Waals surface area contributed by atoms with Gasteiger partial charge in [0.15, 0.2) is 0 Å². The number of carbonyl (C=O) groups excluding carboxylic acids is 1. The minimum Gasteiger partial charge on any atom is -0.495 e. The van der Waals surface area contributed by atoms with Crippen LogP contribution in [0.5, 0.6) is 11.5 Å². The summed E-state index contributed by atoms with van der Waals surface area (Å²) in [7, 11) is 1.50. The van der Waals surface area contributed by atoms with Crippen molar-refractivity contribution in [3.8, 4) is 28.7 Å². The molecule has 4 aromatic rings. The molecular weight excluding hydrogens is 500 g/mol. The minimum absolute atomic E-state index is 0.149. The highest BCUT2D eigenvalue weighted by Gasteiger charge is 2.14. The quantitative estimate of drug-likeness (QED) is 0.264. The number of aromatic nitrogens is 5. The Morgan fingerprint density at radius 3 is 2.59 bits per heavy atom. The van der Waals surface area contributed by atoms with Gasteiger partial charge >= 0.3 is 0 Å². The third kappa shape index (κ3) is 7.06. The molecule has 2 heterocycles. The lowest BCUT2D eigenvalue weighted by atomic mass is 10.1. The first-order chi connectivity index (χ1) is 18.9. The number of nitrogens with one attached hydrogen (secondary N) is 2. The summed E-state index contributed by atoms with van der Waals surface area (Å²) in [6, 6.07) is 12.4. The van der Waals surface area contributed by atoms with Gasteiger partial charge in [0.1, 0.15) is 36.3 Å². The first-order valence-electron chi connectivity index (χ1n) is 12.1. The number of hydrogen-bond acceptors (Lipinski definition) is 10. The van der Waals surface area contributed by atoms with E-state index in [1.165, 1.54) is 13.4 Å². The van der Waals surface area contributed by atoms with Crippen LogP contribution in [0.25, 0.3) is 11.1 Å². The van der Waals surface area contributed by atoms with E-state index < -0.39 is 6.10 Å². The Morgan fingerprint density at radius 1 is 1.13 bits per heavy atom. The summed E-state index contributed by atoms with van der Waals surface area (Å²) in [4.78, 5) is 25.0. The molecule has 0 bridgehead atoms. The maximum Gasteiger partial charge on any atom is 0.251 e. The first kappa shape index (κ1) is 27.0. The molecule has 1 amide bonds. The summed E-state index contributed by atoms with van der Waals surface area (Å²) in [6.07, 6.45) is 5.48. The number of benzene rings is 2. The van der Waals surface area contributed by atoms with Gasteiger partial charge in [0.25, 0.3) is 5.91 Å². The lowest BCUT2D eigenvalue weighted by molar-refractivity contribution is 0.0923. The van der Waals surface area contributed by atoms with Crippen molar-refractivity contribution in [2.24, 2.45) is 0 Å². The fourth-order valence-corrected chi connectivity index (χ4v) is 3.68. The molecule has 0 saturated carbocycles.